The predicted octanol–water partition coefficient (Wildman–Crippen LogP) is 3.87. The van der Waals surface area contributed by atoms with Crippen LogP contribution < -0.4 is 5.14 Å². The summed E-state index contributed by atoms with van der Waals surface area (Å²) in [6, 6.07) is 7.49. The number of primary sulfonamides is 1. The summed E-state index contributed by atoms with van der Waals surface area (Å²) in [5, 5.41) is 8.46. The first kappa shape index (κ1) is 18.1. The van der Waals surface area contributed by atoms with Gasteiger partial charge in [0.2, 0.25) is 15.8 Å². The quantitative estimate of drug-likeness (QED) is 0.690. The zero-order chi connectivity index (χ0) is 19.1. The van der Waals surface area contributed by atoms with Crippen molar-refractivity contribution in [2.45, 2.75) is 11.3 Å². The van der Waals surface area contributed by atoms with Gasteiger partial charge in [0, 0.05) is 5.56 Å². The molecule has 2 aromatic carbocycles. The van der Waals surface area contributed by atoms with Crippen LogP contribution in [0.25, 0.3) is 22.4 Å². The second kappa shape index (κ2) is 6.54. The molecule has 0 spiro atoms. The molecule has 136 valence electrons. The SMILES string of the molecule is NS(=O)(=O)c1ccc(-c2c(-c3ccc(F)cc3)noc2C(F)F)cc1F. The molecule has 1 heterocycles. The normalized spacial score (nSPS) is 11.9. The van der Waals surface area contributed by atoms with Crippen molar-refractivity contribution in [2.24, 2.45) is 5.14 Å². The summed E-state index contributed by atoms with van der Waals surface area (Å²) in [6.45, 7) is 0. The van der Waals surface area contributed by atoms with E-state index in [1.807, 2.05) is 0 Å². The van der Waals surface area contributed by atoms with E-state index in [9.17, 15) is 26.0 Å². The monoisotopic (exact) mass is 386 g/mol. The predicted molar refractivity (Wildman–Crippen MR) is 83.6 cm³/mol. The van der Waals surface area contributed by atoms with Gasteiger partial charge >= 0.3 is 0 Å². The molecular weight excluding hydrogens is 376 g/mol. The number of rotatable bonds is 4. The maximum Gasteiger partial charge on any atom is 0.298 e. The van der Waals surface area contributed by atoms with Crippen LogP contribution in [-0.2, 0) is 10.0 Å². The molecule has 0 aliphatic rings. The minimum Gasteiger partial charge on any atom is -0.354 e. The molecule has 5 nitrogen and oxygen atoms in total. The summed E-state index contributed by atoms with van der Waals surface area (Å²) >= 11 is 0. The van der Waals surface area contributed by atoms with E-state index < -0.39 is 38.7 Å². The Bertz CT molecular complexity index is 1060. The molecule has 0 amide bonds. The molecule has 3 aromatic rings. The molecule has 0 unspecified atom stereocenters. The van der Waals surface area contributed by atoms with Gasteiger partial charge in [-0.2, -0.15) is 0 Å². The molecular formula is C16H10F4N2O3S. The lowest BCUT2D eigenvalue weighted by Crippen LogP contribution is -2.14. The number of nitrogens with two attached hydrogens (primary N) is 1. The number of hydrogen-bond donors (Lipinski definition) is 1. The lowest BCUT2D eigenvalue weighted by molar-refractivity contribution is 0.113. The van der Waals surface area contributed by atoms with Crippen molar-refractivity contribution in [3.8, 4) is 22.4 Å². The number of aromatic nitrogens is 1. The Morgan fingerprint density at radius 1 is 1.00 bits per heavy atom. The van der Waals surface area contributed by atoms with E-state index in [2.05, 4.69) is 9.68 Å². The van der Waals surface area contributed by atoms with Gasteiger partial charge in [0.1, 0.15) is 22.2 Å². The zero-order valence-electron chi connectivity index (χ0n) is 12.8. The Morgan fingerprint density at radius 2 is 1.62 bits per heavy atom. The van der Waals surface area contributed by atoms with Crippen molar-refractivity contribution in [3.05, 3.63) is 59.9 Å². The Kier molecular flexibility index (Phi) is 4.55. The number of sulfonamides is 1. The molecule has 3 rings (SSSR count). The lowest BCUT2D eigenvalue weighted by Gasteiger charge is -2.07. The summed E-state index contributed by atoms with van der Waals surface area (Å²) in [6.07, 6.45) is -3.06. The highest BCUT2D eigenvalue weighted by molar-refractivity contribution is 7.89. The Labute approximate surface area is 145 Å². The minimum absolute atomic E-state index is 0.0666. The van der Waals surface area contributed by atoms with Crippen molar-refractivity contribution >= 4 is 10.0 Å². The molecule has 0 aliphatic carbocycles. The summed E-state index contributed by atoms with van der Waals surface area (Å²) in [5.41, 5.74) is -0.131. The molecule has 26 heavy (non-hydrogen) atoms. The van der Waals surface area contributed by atoms with Gasteiger partial charge in [-0.3, -0.25) is 0 Å². The molecule has 0 bridgehead atoms. The number of hydrogen-bond acceptors (Lipinski definition) is 4. The van der Waals surface area contributed by atoms with Crippen molar-refractivity contribution in [2.75, 3.05) is 0 Å². The maximum atomic E-state index is 14.1. The third-order valence-electron chi connectivity index (χ3n) is 3.56. The first-order chi connectivity index (χ1) is 12.2. The average molecular weight is 386 g/mol. The third-order valence-corrected chi connectivity index (χ3v) is 4.51. The van der Waals surface area contributed by atoms with Crippen molar-refractivity contribution in [1.82, 2.24) is 5.16 Å². The van der Waals surface area contributed by atoms with Gasteiger partial charge in [-0.15, -0.1) is 0 Å². The minimum atomic E-state index is -4.32. The van der Waals surface area contributed by atoms with E-state index in [1.54, 1.807) is 0 Å². The van der Waals surface area contributed by atoms with Crippen LogP contribution in [0.15, 0.2) is 51.9 Å². The third kappa shape index (κ3) is 3.33. The molecule has 0 saturated heterocycles. The van der Waals surface area contributed by atoms with E-state index >= 15 is 0 Å². The largest absolute Gasteiger partial charge is 0.354 e. The van der Waals surface area contributed by atoms with Crippen LogP contribution in [0, 0.1) is 11.6 Å². The zero-order valence-corrected chi connectivity index (χ0v) is 13.6. The van der Waals surface area contributed by atoms with Gasteiger partial charge in [-0.05, 0) is 42.0 Å². The molecule has 0 saturated carbocycles. The fourth-order valence-electron chi connectivity index (χ4n) is 2.42. The van der Waals surface area contributed by atoms with E-state index in [-0.39, 0.29) is 22.4 Å². The highest BCUT2D eigenvalue weighted by Crippen LogP contribution is 2.39. The fraction of sp³-hybridized carbons (Fsp3) is 0.0625. The van der Waals surface area contributed by atoms with Crippen LogP contribution in [0.5, 0.6) is 0 Å². The molecule has 0 fully saturated rings. The summed E-state index contributed by atoms with van der Waals surface area (Å²) in [4.78, 5) is -0.778. The Hall–Kier alpha value is -2.72. The van der Waals surface area contributed by atoms with Gasteiger partial charge in [-0.25, -0.2) is 31.1 Å². The van der Waals surface area contributed by atoms with Gasteiger partial charge in [-0.1, -0.05) is 11.2 Å². The molecule has 10 heteroatoms. The van der Waals surface area contributed by atoms with E-state index in [4.69, 9.17) is 5.14 Å². The lowest BCUT2D eigenvalue weighted by atomic mass is 9.99. The number of nitrogens with zero attached hydrogens (tertiary/aromatic N) is 1. The first-order valence-corrected chi connectivity index (χ1v) is 8.59. The maximum absolute atomic E-state index is 14.1. The Balaban J connectivity index is 2.22. The van der Waals surface area contributed by atoms with Crippen LogP contribution in [0.3, 0.4) is 0 Å². The topological polar surface area (TPSA) is 86.2 Å². The first-order valence-electron chi connectivity index (χ1n) is 7.05. The van der Waals surface area contributed by atoms with E-state index in [1.165, 1.54) is 12.1 Å². The smallest absolute Gasteiger partial charge is 0.298 e. The van der Waals surface area contributed by atoms with E-state index in [0.717, 1.165) is 30.3 Å². The summed E-state index contributed by atoms with van der Waals surface area (Å²) in [5.74, 6) is -2.58. The number of alkyl halides is 2. The highest BCUT2D eigenvalue weighted by atomic mass is 32.2. The van der Waals surface area contributed by atoms with Gasteiger partial charge < -0.3 is 4.52 Å². The molecule has 2 N–H and O–H groups in total. The van der Waals surface area contributed by atoms with Crippen molar-refractivity contribution < 1.29 is 30.5 Å². The van der Waals surface area contributed by atoms with Gasteiger partial charge in [0.05, 0.1) is 5.56 Å². The van der Waals surface area contributed by atoms with Crippen LogP contribution in [0.4, 0.5) is 17.6 Å². The highest BCUT2D eigenvalue weighted by Gasteiger charge is 2.27. The van der Waals surface area contributed by atoms with Crippen molar-refractivity contribution in [1.29, 1.82) is 0 Å². The van der Waals surface area contributed by atoms with E-state index in [0.29, 0.717) is 0 Å². The van der Waals surface area contributed by atoms with Gasteiger partial charge in [0.15, 0.2) is 0 Å². The van der Waals surface area contributed by atoms with Crippen LogP contribution >= 0.6 is 0 Å². The fourth-order valence-corrected chi connectivity index (χ4v) is 3.01. The second-order valence-corrected chi connectivity index (χ2v) is 6.80. The van der Waals surface area contributed by atoms with Crippen molar-refractivity contribution in [3.63, 3.8) is 0 Å². The summed E-state index contributed by atoms with van der Waals surface area (Å²) in [7, 11) is -4.32. The van der Waals surface area contributed by atoms with Crippen LogP contribution in [0.1, 0.15) is 12.2 Å². The summed E-state index contributed by atoms with van der Waals surface area (Å²) < 4.78 is 81.0. The van der Waals surface area contributed by atoms with Crippen LogP contribution in [0.2, 0.25) is 0 Å². The van der Waals surface area contributed by atoms with Gasteiger partial charge in [0.25, 0.3) is 6.43 Å². The molecule has 0 aliphatic heterocycles. The number of benzene rings is 2. The standard InChI is InChI=1S/C16H10F4N2O3S/c17-10-4-1-8(2-5-10)14-13(15(16(19)20)25-22-14)9-3-6-12(11(18)7-9)26(21,23)24/h1-7,16H,(H2,21,23,24). The molecule has 0 radical (unpaired) electrons. The molecule has 1 aromatic heterocycles. The Morgan fingerprint density at radius 3 is 2.15 bits per heavy atom. The molecule has 0 atom stereocenters. The second-order valence-electron chi connectivity index (χ2n) is 5.27. The average Bonchev–Trinajstić information content (AvgIpc) is 2.99. The number of halogens is 4. The van der Waals surface area contributed by atoms with Crippen LogP contribution in [-0.4, -0.2) is 13.6 Å².